The molecule has 0 amide bonds. The van der Waals surface area contributed by atoms with E-state index in [1.807, 2.05) is 42.5 Å². The molecule has 0 spiro atoms. The Kier molecular flexibility index (Phi) is 2.28. The summed E-state index contributed by atoms with van der Waals surface area (Å²) >= 11 is 4.96. The fourth-order valence-corrected chi connectivity index (χ4v) is 3.62. The molecule has 2 aromatic carbocycles. The van der Waals surface area contributed by atoms with Crippen LogP contribution in [0.3, 0.4) is 0 Å². The maximum Gasteiger partial charge on any atom is 0.266 e. The summed E-state index contributed by atoms with van der Waals surface area (Å²) in [5.41, 5.74) is 1.68. The van der Waals surface area contributed by atoms with Crippen molar-refractivity contribution in [2.45, 2.75) is 0 Å². The molecule has 0 saturated carbocycles. The Labute approximate surface area is 120 Å². The average Bonchev–Trinajstić information content (AvgIpc) is 2.76. The highest BCUT2D eigenvalue weighted by Crippen LogP contribution is 2.25. The summed E-state index contributed by atoms with van der Waals surface area (Å²) in [4.78, 5) is 17.8. The van der Waals surface area contributed by atoms with Gasteiger partial charge >= 0.3 is 0 Å². The molecule has 2 heterocycles. The molecule has 0 N–H and O–H groups in total. The van der Waals surface area contributed by atoms with Crippen LogP contribution in [0.1, 0.15) is 0 Å². The lowest BCUT2D eigenvalue weighted by Crippen LogP contribution is -2.11. The van der Waals surface area contributed by atoms with E-state index < -0.39 is 0 Å². The normalized spacial score (nSPS) is 11.6. The van der Waals surface area contributed by atoms with Crippen LogP contribution in [0.2, 0.25) is 0 Å². The lowest BCUT2D eigenvalue weighted by molar-refractivity contribution is 1.20. The second-order valence-electron chi connectivity index (χ2n) is 4.27. The molecule has 19 heavy (non-hydrogen) atoms. The zero-order chi connectivity index (χ0) is 13.0. The van der Waals surface area contributed by atoms with E-state index in [9.17, 15) is 4.79 Å². The van der Waals surface area contributed by atoms with Crippen LogP contribution in [0.5, 0.6) is 0 Å². The first-order valence-corrected chi connectivity index (χ1v) is 7.34. The molecule has 0 aliphatic carbocycles. The molecular weight excluding hydrogens is 324 g/mol. The zero-order valence-electron chi connectivity index (χ0n) is 9.63. The predicted octanol–water partition coefficient (Wildman–Crippen LogP) is 3.82. The summed E-state index contributed by atoms with van der Waals surface area (Å²) in [6.45, 7) is 0. The van der Waals surface area contributed by atoms with E-state index in [0.29, 0.717) is 0 Å². The van der Waals surface area contributed by atoms with Crippen molar-refractivity contribution in [1.29, 1.82) is 0 Å². The fourth-order valence-electron chi connectivity index (χ4n) is 2.25. The largest absolute Gasteiger partial charge is 0.268 e. The molecule has 0 fully saturated rings. The number of nitrogens with zero attached hydrogens (tertiary/aromatic N) is 2. The summed E-state index contributed by atoms with van der Waals surface area (Å²) in [5.74, 6) is 0. The molecule has 4 aromatic rings. The summed E-state index contributed by atoms with van der Waals surface area (Å²) in [5, 5.41) is 0.738. The quantitative estimate of drug-likeness (QED) is 0.491. The van der Waals surface area contributed by atoms with Crippen molar-refractivity contribution in [3.8, 4) is 0 Å². The molecule has 0 aliphatic heterocycles. The highest BCUT2D eigenvalue weighted by molar-refractivity contribution is 9.10. The Morgan fingerprint density at radius 3 is 2.89 bits per heavy atom. The minimum Gasteiger partial charge on any atom is -0.268 e. The standard InChI is InChI=1S/C14H7BrN2OS/c15-8-5-6-11-10(7-8)16-14-17(11)13(18)9-3-1-2-4-12(9)19-14/h1-7H. The van der Waals surface area contributed by atoms with Crippen LogP contribution >= 0.6 is 27.3 Å². The van der Waals surface area contributed by atoms with Crippen LogP contribution < -0.4 is 5.56 Å². The smallest absolute Gasteiger partial charge is 0.266 e. The summed E-state index contributed by atoms with van der Waals surface area (Å²) in [7, 11) is 0. The second kappa shape index (κ2) is 3.88. The number of fused-ring (bicyclic) bond motifs is 4. The third kappa shape index (κ3) is 1.55. The van der Waals surface area contributed by atoms with Crippen LogP contribution in [0.25, 0.3) is 26.1 Å². The molecule has 92 valence electrons. The van der Waals surface area contributed by atoms with Crippen LogP contribution in [0, 0.1) is 0 Å². The van der Waals surface area contributed by atoms with Gasteiger partial charge in [0.05, 0.1) is 16.4 Å². The van der Waals surface area contributed by atoms with E-state index in [2.05, 4.69) is 20.9 Å². The number of halogens is 1. The van der Waals surface area contributed by atoms with Gasteiger partial charge in [-0.2, -0.15) is 0 Å². The van der Waals surface area contributed by atoms with Gasteiger partial charge in [0.15, 0.2) is 4.96 Å². The van der Waals surface area contributed by atoms with Crippen LogP contribution in [0.15, 0.2) is 51.7 Å². The van der Waals surface area contributed by atoms with E-state index in [-0.39, 0.29) is 5.56 Å². The van der Waals surface area contributed by atoms with Gasteiger partial charge in [0.2, 0.25) is 0 Å². The Bertz CT molecular complexity index is 1000. The summed E-state index contributed by atoms with van der Waals surface area (Å²) in [6, 6.07) is 13.4. The first-order valence-electron chi connectivity index (χ1n) is 5.73. The predicted molar refractivity (Wildman–Crippen MR) is 82.1 cm³/mol. The monoisotopic (exact) mass is 330 g/mol. The third-order valence-corrected chi connectivity index (χ3v) is 4.63. The van der Waals surface area contributed by atoms with Crippen molar-refractivity contribution in [2.24, 2.45) is 0 Å². The maximum atomic E-state index is 12.6. The number of benzene rings is 2. The van der Waals surface area contributed by atoms with Gasteiger partial charge in [-0.25, -0.2) is 9.38 Å². The highest BCUT2D eigenvalue weighted by Gasteiger charge is 2.11. The molecule has 2 aromatic heterocycles. The van der Waals surface area contributed by atoms with Crippen molar-refractivity contribution < 1.29 is 0 Å². The SMILES string of the molecule is O=c1c2ccccc2sc2nc3cc(Br)ccc3n12. The highest BCUT2D eigenvalue weighted by atomic mass is 79.9. The van der Waals surface area contributed by atoms with E-state index in [1.165, 1.54) is 11.3 Å². The first kappa shape index (κ1) is 11.1. The number of rotatable bonds is 0. The molecule has 0 aliphatic rings. The molecule has 0 atom stereocenters. The molecule has 4 rings (SSSR count). The molecule has 0 saturated heterocycles. The van der Waals surface area contributed by atoms with Gasteiger partial charge in [0.25, 0.3) is 5.56 Å². The van der Waals surface area contributed by atoms with Crippen molar-refractivity contribution in [1.82, 2.24) is 9.38 Å². The molecule has 5 heteroatoms. The zero-order valence-corrected chi connectivity index (χ0v) is 12.0. The average molecular weight is 331 g/mol. The fraction of sp³-hybridized carbons (Fsp3) is 0. The first-order chi connectivity index (χ1) is 9.24. The second-order valence-corrected chi connectivity index (χ2v) is 6.19. The topological polar surface area (TPSA) is 34.4 Å². The van der Waals surface area contributed by atoms with E-state index in [0.717, 1.165) is 30.6 Å². The number of aromatic nitrogens is 2. The van der Waals surface area contributed by atoms with Crippen molar-refractivity contribution >= 4 is 53.3 Å². The minimum absolute atomic E-state index is 0.00540. The lowest BCUT2D eigenvalue weighted by Gasteiger charge is -1.98. The van der Waals surface area contributed by atoms with Crippen LogP contribution in [0.4, 0.5) is 0 Å². The van der Waals surface area contributed by atoms with Gasteiger partial charge in [0, 0.05) is 9.17 Å². The number of hydrogen-bond donors (Lipinski definition) is 0. The summed E-state index contributed by atoms with van der Waals surface area (Å²) in [6.07, 6.45) is 0. The molecular formula is C14H7BrN2OS. The van der Waals surface area contributed by atoms with Gasteiger partial charge in [-0.15, -0.1) is 0 Å². The number of imidazole rings is 1. The van der Waals surface area contributed by atoms with Gasteiger partial charge in [-0.3, -0.25) is 4.79 Å². The minimum atomic E-state index is -0.00540. The van der Waals surface area contributed by atoms with Crippen LogP contribution in [-0.2, 0) is 0 Å². The molecule has 0 bridgehead atoms. The van der Waals surface area contributed by atoms with Crippen LogP contribution in [-0.4, -0.2) is 9.38 Å². The lowest BCUT2D eigenvalue weighted by atomic mass is 10.3. The number of hydrogen-bond acceptors (Lipinski definition) is 3. The van der Waals surface area contributed by atoms with Gasteiger partial charge in [-0.05, 0) is 30.3 Å². The van der Waals surface area contributed by atoms with Gasteiger partial charge in [-0.1, -0.05) is 39.4 Å². The molecule has 0 unspecified atom stereocenters. The Morgan fingerprint density at radius 2 is 2.00 bits per heavy atom. The molecule has 3 nitrogen and oxygen atoms in total. The van der Waals surface area contributed by atoms with Crippen molar-refractivity contribution in [3.05, 3.63) is 57.3 Å². The maximum absolute atomic E-state index is 12.6. The van der Waals surface area contributed by atoms with E-state index in [4.69, 9.17) is 0 Å². The van der Waals surface area contributed by atoms with E-state index in [1.54, 1.807) is 4.40 Å². The molecule has 0 radical (unpaired) electrons. The van der Waals surface area contributed by atoms with Gasteiger partial charge in [0.1, 0.15) is 0 Å². The Hall–Kier alpha value is -1.72. The van der Waals surface area contributed by atoms with E-state index >= 15 is 0 Å². The van der Waals surface area contributed by atoms with Gasteiger partial charge < -0.3 is 0 Å². The third-order valence-electron chi connectivity index (χ3n) is 3.11. The Balaban J connectivity index is 2.33. The van der Waals surface area contributed by atoms with Crippen molar-refractivity contribution in [3.63, 3.8) is 0 Å². The van der Waals surface area contributed by atoms with Crippen molar-refractivity contribution in [2.75, 3.05) is 0 Å². The summed E-state index contributed by atoms with van der Waals surface area (Å²) < 4.78 is 3.62. The Morgan fingerprint density at radius 1 is 1.16 bits per heavy atom.